The molecule has 1 rings (SSSR count). The summed E-state index contributed by atoms with van der Waals surface area (Å²) < 4.78 is 4.50. The molecule has 0 aromatic carbocycles. The van der Waals surface area contributed by atoms with Crippen molar-refractivity contribution >= 4 is 11.8 Å². The van der Waals surface area contributed by atoms with Crippen LogP contribution >= 0.6 is 0 Å². The van der Waals surface area contributed by atoms with E-state index in [1.807, 2.05) is 0 Å². The van der Waals surface area contributed by atoms with Crippen LogP contribution in [0.1, 0.15) is 6.42 Å². The van der Waals surface area contributed by atoms with Crippen LogP contribution in [0.5, 0.6) is 0 Å². The predicted molar refractivity (Wildman–Crippen MR) is 36.6 cm³/mol. The first-order chi connectivity index (χ1) is 4.75. The first-order valence-electron chi connectivity index (χ1n) is 3.13. The fourth-order valence-corrected chi connectivity index (χ4v) is 0.962. The molecule has 10 heavy (non-hydrogen) atoms. The van der Waals surface area contributed by atoms with E-state index in [0.29, 0.717) is 18.8 Å². The summed E-state index contributed by atoms with van der Waals surface area (Å²) in [7, 11) is 1.36. The minimum atomic E-state index is -0.287. The van der Waals surface area contributed by atoms with Gasteiger partial charge in [-0.3, -0.25) is 9.79 Å². The molecule has 0 amide bonds. The second-order valence-electron chi connectivity index (χ2n) is 2.17. The van der Waals surface area contributed by atoms with Crippen LogP contribution in [0.4, 0.5) is 0 Å². The van der Waals surface area contributed by atoms with E-state index in [0.717, 1.165) is 0 Å². The molecule has 0 aromatic rings. The Morgan fingerprint density at radius 1 is 1.90 bits per heavy atom. The maximum absolute atomic E-state index is 10.8. The van der Waals surface area contributed by atoms with Crippen molar-refractivity contribution in [1.29, 1.82) is 0 Å². The molecule has 0 fully saturated rings. The number of esters is 1. The number of carbonyl (C=O) groups excluding carboxylic acids is 1. The second kappa shape index (κ2) is 2.68. The highest BCUT2D eigenvalue weighted by Gasteiger charge is 2.26. The average Bonchev–Trinajstić information content (AvgIpc) is 2.34. The molecule has 4 nitrogen and oxygen atoms in total. The molecular weight excluding hydrogens is 132 g/mol. The van der Waals surface area contributed by atoms with Crippen LogP contribution in [0.15, 0.2) is 4.99 Å². The van der Waals surface area contributed by atoms with Gasteiger partial charge in [-0.25, -0.2) is 0 Å². The molecule has 1 aliphatic heterocycles. The van der Waals surface area contributed by atoms with Crippen molar-refractivity contribution in [3.63, 3.8) is 0 Å². The van der Waals surface area contributed by atoms with Crippen LogP contribution in [-0.4, -0.2) is 25.5 Å². The third-order valence-electron chi connectivity index (χ3n) is 1.55. The number of ether oxygens (including phenoxy) is 1. The zero-order valence-electron chi connectivity index (χ0n) is 5.83. The van der Waals surface area contributed by atoms with Gasteiger partial charge in [-0.1, -0.05) is 0 Å². The minimum absolute atomic E-state index is 0.279. The Labute approximate surface area is 59.1 Å². The third-order valence-corrected chi connectivity index (χ3v) is 1.55. The number of hydrogen-bond acceptors (Lipinski definition) is 4. The lowest BCUT2D eigenvalue weighted by molar-refractivity contribution is -0.142. The van der Waals surface area contributed by atoms with E-state index < -0.39 is 0 Å². The highest BCUT2D eigenvalue weighted by molar-refractivity contribution is 6.01. The molecule has 0 saturated carbocycles. The van der Waals surface area contributed by atoms with Crippen molar-refractivity contribution in [1.82, 2.24) is 0 Å². The van der Waals surface area contributed by atoms with Gasteiger partial charge < -0.3 is 10.5 Å². The quantitative estimate of drug-likeness (QED) is 0.504. The molecule has 1 aliphatic rings. The van der Waals surface area contributed by atoms with E-state index in [4.69, 9.17) is 5.73 Å². The van der Waals surface area contributed by atoms with Gasteiger partial charge in [0.05, 0.1) is 7.11 Å². The van der Waals surface area contributed by atoms with Crippen LogP contribution < -0.4 is 5.73 Å². The van der Waals surface area contributed by atoms with E-state index in [-0.39, 0.29) is 11.9 Å². The Bertz CT molecular complexity index is 177. The predicted octanol–water partition coefficient (Wildman–Crippen LogP) is -0.464. The molecule has 0 saturated heterocycles. The standard InChI is InChI=1S/C6H10N2O2/c1-10-6(9)4-2-3-8-5(4)7/h4H,2-3H2,1H3,(H2,7,8). The SMILES string of the molecule is COC(=O)C1CCN=C1N. The van der Waals surface area contributed by atoms with Gasteiger partial charge in [0.2, 0.25) is 0 Å². The first kappa shape index (κ1) is 7.05. The summed E-state index contributed by atoms with van der Waals surface area (Å²) in [6.07, 6.45) is 0.693. The molecule has 1 heterocycles. The van der Waals surface area contributed by atoms with Crippen molar-refractivity contribution in [2.24, 2.45) is 16.6 Å². The molecule has 0 bridgehead atoms. The zero-order chi connectivity index (χ0) is 7.56. The normalized spacial score (nSPS) is 24.1. The van der Waals surface area contributed by atoms with E-state index in [2.05, 4.69) is 9.73 Å². The van der Waals surface area contributed by atoms with Crippen molar-refractivity contribution in [2.45, 2.75) is 6.42 Å². The summed E-state index contributed by atoms with van der Waals surface area (Å²) in [5.74, 6) is -0.157. The van der Waals surface area contributed by atoms with Gasteiger partial charge in [0, 0.05) is 6.54 Å². The van der Waals surface area contributed by atoms with Gasteiger partial charge >= 0.3 is 5.97 Å². The number of aliphatic imine (C=N–C) groups is 1. The Kier molecular flexibility index (Phi) is 1.89. The van der Waals surface area contributed by atoms with Gasteiger partial charge in [0.25, 0.3) is 0 Å². The number of methoxy groups -OCH3 is 1. The Morgan fingerprint density at radius 2 is 2.60 bits per heavy atom. The maximum atomic E-state index is 10.8. The van der Waals surface area contributed by atoms with Gasteiger partial charge in [-0.2, -0.15) is 0 Å². The topological polar surface area (TPSA) is 64.7 Å². The van der Waals surface area contributed by atoms with Crippen molar-refractivity contribution in [2.75, 3.05) is 13.7 Å². The zero-order valence-corrected chi connectivity index (χ0v) is 5.83. The van der Waals surface area contributed by atoms with Crippen LogP contribution in [0.3, 0.4) is 0 Å². The van der Waals surface area contributed by atoms with Crippen molar-refractivity contribution in [3.8, 4) is 0 Å². The number of amidine groups is 1. The number of nitrogens with zero attached hydrogens (tertiary/aromatic N) is 1. The van der Waals surface area contributed by atoms with Gasteiger partial charge in [-0.15, -0.1) is 0 Å². The summed E-state index contributed by atoms with van der Waals surface area (Å²) in [5.41, 5.74) is 5.40. The lowest BCUT2D eigenvalue weighted by Crippen LogP contribution is -2.27. The number of rotatable bonds is 1. The smallest absolute Gasteiger partial charge is 0.316 e. The highest BCUT2D eigenvalue weighted by Crippen LogP contribution is 2.11. The first-order valence-corrected chi connectivity index (χ1v) is 3.13. The third kappa shape index (κ3) is 1.10. The highest BCUT2D eigenvalue weighted by atomic mass is 16.5. The van der Waals surface area contributed by atoms with Crippen LogP contribution in [0.25, 0.3) is 0 Å². The molecule has 0 spiro atoms. The molecule has 0 aliphatic carbocycles. The maximum Gasteiger partial charge on any atom is 0.316 e. The monoisotopic (exact) mass is 142 g/mol. The Hall–Kier alpha value is -1.06. The molecule has 56 valence electrons. The Morgan fingerprint density at radius 3 is 3.00 bits per heavy atom. The summed E-state index contributed by atoms with van der Waals surface area (Å²) in [6, 6.07) is 0. The lowest BCUT2D eigenvalue weighted by Gasteiger charge is -2.04. The molecule has 1 atom stereocenters. The van der Waals surface area contributed by atoms with Gasteiger partial charge in [0.15, 0.2) is 0 Å². The molecule has 0 aromatic heterocycles. The minimum Gasteiger partial charge on any atom is -0.468 e. The molecule has 2 N–H and O–H groups in total. The summed E-state index contributed by atoms with van der Waals surface area (Å²) in [6.45, 7) is 0.644. The van der Waals surface area contributed by atoms with Crippen LogP contribution in [0.2, 0.25) is 0 Å². The summed E-state index contributed by atoms with van der Waals surface area (Å²) >= 11 is 0. The van der Waals surface area contributed by atoms with E-state index in [1.165, 1.54) is 7.11 Å². The molecule has 4 heteroatoms. The summed E-state index contributed by atoms with van der Waals surface area (Å²) in [5, 5.41) is 0. The fraction of sp³-hybridized carbons (Fsp3) is 0.667. The largest absolute Gasteiger partial charge is 0.468 e. The number of carbonyl (C=O) groups is 1. The number of nitrogens with two attached hydrogens (primary N) is 1. The van der Waals surface area contributed by atoms with E-state index in [9.17, 15) is 4.79 Å². The van der Waals surface area contributed by atoms with E-state index >= 15 is 0 Å². The molecular formula is C6H10N2O2. The van der Waals surface area contributed by atoms with E-state index in [1.54, 1.807) is 0 Å². The lowest BCUT2D eigenvalue weighted by atomic mass is 10.1. The van der Waals surface area contributed by atoms with Crippen LogP contribution in [0, 0.1) is 5.92 Å². The molecule has 1 unspecified atom stereocenters. The van der Waals surface area contributed by atoms with Crippen molar-refractivity contribution < 1.29 is 9.53 Å². The average molecular weight is 142 g/mol. The number of hydrogen-bond donors (Lipinski definition) is 1. The fourth-order valence-electron chi connectivity index (χ4n) is 0.962. The second-order valence-corrected chi connectivity index (χ2v) is 2.17. The van der Waals surface area contributed by atoms with Crippen LogP contribution in [-0.2, 0) is 9.53 Å². The van der Waals surface area contributed by atoms with Gasteiger partial charge in [0.1, 0.15) is 11.8 Å². The molecule has 0 radical (unpaired) electrons. The van der Waals surface area contributed by atoms with Gasteiger partial charge in [-0.05, 0) is 6.42 Å². The Balaban J connectivity index is 2.57. The van der Waals surface area contributed by atoms with Crippen molar-refractivity contribution in [3.05, 3.63) is 0 Å². The summed E-state index contributed by atoms with van der Waals surface area (Å²) in [4.78, 5) is 14.7.